The number of piperidine rings is 2. The fraction of sp³-hybridized carbons (Fsp3) is 0.429. The lowest BCUT2D eigenvalue weighted by atomic mass is 9.87. The number of thiazole rings is 5. The lowest BCUT2D eigenvalue weighted by molar-refractivity contribution is 0.0924. The molecular formula is C105H123N29O6S5. The molecule has 15 aromatic rings. The van der Waals surface area contributed by atoms with Gasteiger partial charge in [0.15, 0.2) is 54.1 Å². The van der Waals surface area contributed by atoms with Gasteiger partial charge in [0, 0.05) is 127 Å². The van der Waals surface area contributed by atoms with Gasteiger partial charge in [0.05, 0.1) is 0 Å². The van der Waals surface area contributed by atoms with Crippen LogP contribution in [0.2, 0.25) is 0 Å². The van der Waals surface area contributed by atoms with Crippen LogP contribution in [-0.4, -0.2) is 245 Å². The van der Waals surface area contributed by atoms with Gasteiger partial charge in [-0.05, 0) is 181 Å². The maximum Gasteiger partial charge on any atom is 0.280 e. The van der Waals surface area contributed by atoms with Gasteiger partial charge in [0.2, 0.25) is 0 Å². The van der Waals surface area contributed by atoms with Crippen LogP contribution < -0.4 is 67.0 Å². The highest BCUT2D eigenvalue weighted by Gasteiger charge is 2.44. The molecule has 0 aliphatic carbocycles. The second-order valence-electron chi connectivity index (χ2n) is 40.9. The fourth-order valence-electron chi connectivity index (χ4n) is 20.5. The van der Waals surface area contributed by atoms with Gasteiger partial charge in [-0.1, -0.05) is 217 Å². The number of anilines is 10. The highest BCUT2D eigenvalue weighted by atomic mass is 32.1. The molecule has 0 atom stereocenters. The number of carbonyl (C=O) groups is 5. The van der Waals surface area contributed by atoms with Gasteiger partial charge in [0.1, 0.15) is 83.4 Å². The van der Waals surface area contributed by atoms with Crippen molar-refractivity contribution in [1.29, 1.82) is 0 Å². The third kappa shape index (κ3) is 21.7. The number of hydrogen-bond acceptors (Lipinski definition) is 35. The molecule has 0 unspecified atom stereocenters. The molecule has 3 saturated heterocycles. The van der Waals surface area contributed by atoms with Crippen LogP contribution in [0.15, 0.2) is 153 Å². The molecular weight excluding hydrogens is 1920 g/mol. The van der Waals surface area contributed by atoms with E-state index in [0.717, 1.165) is 187 Å². The molecule has 40 heteroatoms. The summed E-state index contributed by atoms with van der Waals surface area (Å²) in [5.74, 6) is 3.55. The Morgan fingerprint density at radius 2 is 0.628 bits per heavy atom. The minimum Gasteiger partial charge on any atom is -0.396 e. The molecule has 8 aliphatic heterocycles. The van der Waals surface area contributed by atoms with Crippen molar-refractivity contribution in [3.8, 4) is 0 Å². The van der Waals surface area contributed by atoms with Gasteiger partial charge in [-0.25, -0.2) is 74.8 Å². The molecule has 10 aromatic heterocycles. The first-order valence-corrected chi connectivity index (χ1v) is 53.9. The number of benzene rings is 5. The number of aliphatic hydroxyl groups is 1. The Morgan fingerprint density at radius 1 is 0.352 bits per heavy atom. The summed E-state index contributed by atoms with van der Waals surface area (Å²) in [6.45, 7) is 37.0. The highest BCUT2D eigenvalue weighted by molar-refractivity contribution is 7.21. The van der Waals surface area contributed by atoms with Crippen LogP contribution in [0.3, 0.4) is 0 Å². The Bertz CT molecular complexity index is 7240. The number of para-hydroxylation sites is 5. The van der Waals surface area contributed by atoms with Crippen LogP contribution in [0, 0.1) is 5.92 Å². The zero-order valence-corrected chi connectivity index (χ0v) is 87.7. The van der Waals surface area contributed by atoms with Gasteiger partial charge in [0.25, 0.3) is 29.5 Å². The minimum absolute atomic E-state index is 0.00557. The van der Waals surface area contributed by atoms with Crippen molar-refractivity contribution in [3.63, 3.8) is 0 Å². The topological polar surface area (TPSA) is 415 Å². The Kier molecular flexibility index (Phi) is 30.2. The van der Waals surface area contributed by atoms with Crippen LogP contribution in [0.5, 0.6) is 0 Å². The molecule has 0 bridgehead atoms. The van der Waals surface area contributed by atoms with E-state index in [1.54, 1.807) is 25.3 Å². The highest BCUT2D eigenvalue weighted by Crippen LogP contribution is 2.52. The zero-order chi connectivity index (χ0) is 101. The van der Waals surface area contributed by atoms with E-state index in [0.29, 0.717) is 96.0 Å². The second kappa shape index (κ2) is 43.4. The zero-order valence-electron chi connectivity index (χ0n) is 83.6. The van der Waals surface area contributed by atoms with E-state index in [2.05, 4.69) is 307 Å². The molecule has 5 aromatic carbocycles. The summed E-state index contributed by atoms with van der Waals surface area (Å²) in [7, 11) is 1.90. The molecule has 3 fully saturated rings. The summed E-state index contributed by atoms with van der Waals surface area (Å²) >= 11 is 6.56. The molecule has 0 spiro atoms. The van der Waals surface area contributed by atoms with Crippen LogP contribution >= 0.6 is 56.7 Å². The van der Waals surface area contributed by atoms with Crippen LogP contribution in [0.4, 0.5) is 57.5 Å². The number of nitrogens with zero attached hydrogens (tertiary/aromatic N) is 21. The lowest BCUT2D eigenvalue weighted by Gasteiger charge is -2.23. The first-order valence-electron chi connectivity index (χ1n) is 49.9. The largest absolute Gasteiger partial charge is 0.396 e. The van der Waals surface area contributed by atoms with Crippen molar-refractivity contribution in [2.75, 3.05) is 149 Å². The predicted octanol–water partition coefficient (Wildman–Crippen LogP) is 15.5. The van der Waals surface area contributed by atoms with Crippen LogP contribution in [0.25, 0.3) is 51.7 Å². The van der Waals surface area contributed by atoms with Crippen molar-refractivity contribution in [2.24, 2.45) is 5.92 Å². The summed E-state index contributed by atoms with van der Waals surface area (Å²) < 4.78 is 0. The molecule has 0 saturated carbocycles. The number of hydrogen-bond donors (Lipinski definition) is 9. The summed E-state index contributed by atoms with van der Waals surface area (Å²) in [6.07, 6.45) is 16.8. The number of carbonyl (C=O) groups excluding carboxylic acids is 5. The lowest BCUT2D eigenvalue weighted by Crippen LogP contribution is -2.42. The SMILES string of the molecule is CC1(C)CN(c2ncnc3sc(C(=O)NC4CCNCC4)nc23)c2ccccc21.CC1(C)CN(c2ncnc3sc(C(=O)NCC4CCNCC4)nc23)c2ccccc21.CC1(C)CN(c2ncnc3sc(C(=O)NCCCN4CCCC4)nc23)c2ccccc21.CC1(C)CN(c2ncnc3sc(C(=O)NCCCO)nc23)c2ccccc21.CNCCCNC(=O)c1nc2c(N3CC(C)(C)c4ccccc43)ncnc2s1. The molecule has 5 amide bonds. The summed E-state index contributed by atoms with van der Waals surface area (Å²) in [5.41, 5.74) is 15.6. The number of nitrogens with one attached hydrogen (secondary N) is 8. The Labute approximate surface area is 862 Å². The molecule has 35 nitrogen and oxygen atoms in total. The van der Waals surface area contributed by atoms with E-state index in [1.807, 2.05) is 37.4 Å². The Balaban J connectivity index is 0.000000115. The monoisotopic (exact) mass is 2050 g/mol. The van der Waals surface area contributed by atoms with E-state index in [1.165, 1.54) is 117 Å². The van der Waals surface area contributed by atoms with Crippen molar-refractivity contribution in [1.82, 2.24) is 122 Å². The first kappa shape index (κ1) is 101. The summed E-state index contributed by atoms with van der Waals surface area (Å²) in [5, 5.41) is 35.6. The van der Waals surface area contributed by atoms with Gasteiger partial charge >= 0.3 is 0 Å². The Morgan fingerprint density at radius 3 is 0.931 bits per heavy atom. The summed E-state index contributed by atoms with van der Waals surface area (Å²) in [4.78, 5) is 148. The second-order valence-corrected chi connectivity index (χ2v) is 45.8. The van der Waals surface area contributed by atoms with Gasteiger partial charge < -0.3 is 77.0 Å². The van der Waals surface area contributed by atoms with Crippen LogP contribution in [-0.2, 0) is 27.1 Å². The molecule has 145 heavy (non-hydrogen) atoms. The molecule has 9 N–H and O–H groups in total. The summed E-state index contributed by atoms with van der Waals surface area (Å²) in [6, 6.07) is 42.2. The number of amides is 5. The smallest absolute Gasteiger partial charge is 0.280 e. The first-order chi connectivity index (χ1) is 70.1. The Hall–Kier alpha value is -12.9. The van der Waals surface area contributed by atoms with E-state index in [9.17, 15) is 24.0 Å². The standard InChI is InChI=1S/C23H28N6OS.C22H26N6OS.C21H24N6OS.C20H24N6OS.C19H21N5O2S/c1-23(2)14-29(17-9-4-3-8-16(17)23)19-18-21(26-15-25-19)31-22(27-18)20(30)24-10-7-13-28-11-5-6-12-28;1-22(2)12-28(16-6-4-3-5-15(16)22)18-17-20(26-13-25-18)30-21(27-17)19(29)24-11-14-7-9-23-10-8-14;1-21(2)11-27(15-6-4-3-5-14(15)21)17-16-19(24-12-23-17)29-20(26-16)18(28)25-13-7-9-22-10-8-13;1-20(2)11-26(14-8-5-4-7-13(14)20)16-15-18(24-12-23-16)28-19(25-15)17(27)22-10-6-9-21-3;1-19(2)10-24(13-7-4-3-6-12(13)19)15-14-17(22-11-21-15)27-18(23-14)16(26)20-8-5-9-25/h3-4,8-9,15H,5-7,10-14H2,1-2H3,(H,24,30);3-6,13-14,23H,7-12H2,1-2H3,(H,24,29);3-6,12-13,22H,7-11H2,1-2H3,(H,25,28);4-5,7-8,12,21H,6,9-11H2,1-3H3,(H,22,27);3-4,6-7,11,25H,5,8-10H2,1-2H3,(H,20,26). The normalized spacial score (nSPS) is 17.1. The van der Waals surface area contributed by atoms with Crippen LogP contribution in [0.1, 0.15) is 204 Å². The molecule has 0 radical (unpaired) electrons. The predicted molar refractivity (Wildman–Crippen MR) is 577 cm³/mol. The van der Waals surface area contributed by atoms with E-state index in [-0.39, 0.29) is 69.3 Å². The van der Waals surface area contributed by atoms with Crippen molar-refractivity contribution in [2.45, 2.75) is 160 Å². The van der Waals surface area contributed by atoms with Crippen molar-refractivity contribution in [3.05, 3.63) is 206 Å². The molecule has 8 aliphatic rings. The maximum absolute atomic E-state index is 12.8. The van der Waals surface area contributed by atoms with E-state index in [4.69, 9.17) is 5.11 Å². The average Bonchev–Trinajstić information content (AvgIpc) is 1.61. The van der Waals surface area contributed by atoms with Crippen molar-refractivity contribution < 1.29 is 29.1 Å². The number of aromatic nitrogens is 15. The van der Waals surface area contributed by atoms with E-state index < -0.39 is 0 Å². The number of likely N-dealkylation sites (tertiary alicyclic amines) is 1. The third-order valence-electron chi connectivity index (χ3n) is 27.8. The number of aliphatic hydroxyl groups excluding tert-OH is 1. The fourth-order valence-corrected chi connectivity index (χ4v) is 24.5. The van der Waals surface area contributed by atoms with Crippen molar-refractivity contribution >= 4 is 195 Å². The third-order valence-corrected chi connectivity index (χ3v) is 32.7. The van der Waals surface area contributed by atoms with Gasteiger partial charge in [-0.2, -0.15) is 0 Å². The molecule has 23 rings (SSSR count). The van der Waals surface area contributed by atoms with Gasteiger partial charge in [-0.15, -0.1) is 0 Å². The quantitative estimate of drug-likeness (QED) is 0.0254. The molecule has 18 heterocycles. The average molecular weight is 2050 g/mol. The van der Waals surface area contributed by atoms with Gasteiger partial charge in [-0.3, -0.25) is 24.0 Å². The number of rotatable bonds is 24. The molecule has 754 valence electrons. The maximum atomic E-state index is 12.8. The van der Waals surface area contributed by atoms with E-state index >= 15 is 0 Å². The minimum atomic E-state index is -0.250. The number of fused-ring (bicyclic) bond motifs is 10.